The number of anilines is 1. The van der Waals surface area contributed by atoms with E-state index >= 15 is 0 Å². The van der Waals surface area contributed by atoms with Crippen LogP contribution in [0.1, 0.15) is 17.8 Å². The number of rotatable bonds is 3. The minimum absolute atomic E-state index is 0.130. The molecule has 0 unspecified atom stereocenters. The Bertz CT molecular complexity index is 650. The Morgan fingerprint density at radius 3 is 2.77 bits per heavy atom. The molecule has 2 fully saturated rings. The second kappa shape index (κ2) is 5.44. The van der Waals surface area contributed by atoms with Crippen LogP contribution in [0.4, 0.5) is 5.69 Å². The van der Waals surface area contributed by atoms with Crippen molar-refractivity contribution in [3.8, 4) is 0 Å². The minimum Gasteiger partial charge on any atom is -0.309 e. The van der Waals surface area contributed by atoms with E-state index in [1.165, 1.54) is 0 Å². The number of carbonyl (C=O) groups is 1. The van der Waals surface area contributed by atoms with Gasteiger partial charge in [-0.05, 0) is 38.1 Å². The Labute approximate surface area is 133 Å². The summed E-state index contributed by atoms with van der Waals surface area (Å²) in [5, 5.41) is 3.18. The lowest BCUT2D eigenvalue weighted by Gasteiger charge is -2.52. The molecule has 4 rings (SSSR count). The molecule has 0 bridgehead atoms. The predicted molar refractivity (Wildman–Crippen MR) is 85.6 cm³/mol. The average molecular weight is 314 g/mol. The van der Waals surface area contributed by atoms with Gasteiger partial charge in [0, 0.05) is 24.3 Å². The molecular formula is C16H18N4OS. The van der Waals surface area contributed by atoms with E-state index in [-0.39, 0.29) is 11.3 Å². The SMILES string of the molecule is O=C1N(c2cccnc2)CC12CCN(Cc1nccs1)CC2. The summed E-state index contributed by atoms with van der Waals surface area (Å²) in [7, 11) is 0. The smallest absolute Gasteiger partial charge is 0.235 e. The molecule has 0 saturated carbocycles. The Balaban J connectivity index is 1.37. The molecule has 0 N–H and O–H groups in total. The first kappa shape index (κ1) is 13.8. The van der Waals surface area contributed by atoms with Gasteiger partial charge in [-0.1, -0.05) is 0 Å². The first-order valence-corrected chi connectivity index (χ1v) is 8.48. The molecule has 114 valence electrons. The van der Waals surface area contributed by atoms with Gasteiger partial charge in [0.2, 0.25) is 5.91 Å². The van der Waals surface area contributed by atoms with E-state index < -0.39 is 0 Å². The molecule has 4 heterocycles. The molecule has 0 radical (unpaired) electrons. The number of hydrogen-bond acceptors (Lipinski definition) is 5. The van der Waals surface area contributed by atoms with Crippen LogP contribution >= 0.6 is 11.3 Å². The normalized spacial score (nSPS) is 21.1. The van der Waals surface area contributed by atoms with Gasteiger partial charge >= 0.3 is 0 Å². The van der Waals surface area contributed by atoms with Gasteiger partial charge in [-0.2, -0.15) is 0 Å². The molecule has 0 aromatic carbocycles. The fraction of sp³-hybridized carbons (Fsp3) is 0.438. The number of hydrogen-bond donors (Lipinski definition) is 0. The lowest BCUT2D eigenvalue weighted by Crippen LogP contribution is -2.65. The molecule has 6 heteroatoms. The first-order valence-electron chi connectivity index (χ1n) is 7.60. The zero-order valence-electron chi connectivity index (χ0n) is 12.3. The summed E-state index contributed by atoms with van der Waals surface area (Å²) in [6.07, 6.45) is 7.26. The molecule has 1 amide bonds. The molecule has 2 aliphatic rings. The minimum atomic E-state index is -0.130. The molecule has 2 saturated heterocycles. The van der Waals surface area contributed by atoms with Crippen LogP contribution in [0.2, 0.25) is 0 Å². The zero-order valence-corrected chi connectivity index (χ0v) is 13.1. The van der Waals surface area contributed by atoms with Crippen LogP contribution in [0, 0.1) is 5.41 Å². The first-order chi connectivity index (χ1) is 10.8. The quantitative estimate of drug-likeness (QED) is 0.815. The maximum atomic E-state index is 12.6. The lowest BCUT2D eigenvalue weighted by molar-refractivity contribution is -0.138. The van der Waals surface area contributed by atoms with Gasteiger partial charge < -0.3 is 4.90 Å². The summed E-state index contributed by atoms with van der Waals surface area (Å²) >= 11 is 1.70. The van der Waals surface area contributed by atoms with Crippen molar-refractivity contribution < 1.29 is 4.79 Å². The third kappa shape index (κ3) is 2.32. The molecule has 0 aliphatic carbocycles. The van der Waals surface area contributed by atoms with Crippen molar-refractivity contribution in [2.75, 3.05) is 24.5 Å². The second-order valence-corrected chi connectivity index (χ2v) is 7.06. The number of carbonyl (C=O) groups excluding carboxylic acids is 1. The Kier molecular flexibility index (Phi) is 3.43. The average Bonchev–Trinajstić information content (AvgIpc) is 3.07. The highest BCUT2D eigenvalue weighted by atomic mass is 32.1. The van der Waals surface area contributed by atoms with Crippen molar-refractivity contribution >= 4 is 22.9 Å². The van der Waals surface area contributed by atoms with Crippen LogP contribution < -0.4 is 4.90 Å². The summed E-state index contributed by atoms with van der Waals surface area (Å²) in [6, 6.07) is 3.83. The molecule has 2 aliphatic heterocycles. The second-order valence-electron chi connectivity index (χ2n) is 6.08. The number of nitrogens with zero attached hydrogens (tertiary/aromatic N) is 4. The summed E-state index contributed by atoms with van der Waals surface area (Å²) < 4.78 is 0. The number of β-lactam (4-membered cyclic amide) rings is 1. The molecule has 22 heavy (non-hydrogen) atoms. The van der Waals surface area contributed by atoms with E-state index in [4.69, 9.17) is 0 Å². The standard InChI is InChI=1S/C16H18N4OS/c21-15-16(12-20(15)13-2-1-5-17-10-13)3-7-19(8-4-16)11-14-18-6-9-22-14/h1-2,5-6,9-10H,3-4,7-8,11-12H2. The largest absolute Gasteiger partial charge is 0.309 e. The number of aromatic nitrogens is 2. The lowest BCUT2D eigenvalue weighted by atomic mass is 9.71. The monoisotopic (exact) mass is 314 g/mol. The van der Waals surface area contributed by atoms with Crippen molar-refractivity contribution in [1.29, 1.82) is 0 Å². The van der Waals surface area contributed by atoms with Crippen LogP contribution in [-0.4, -0.2) is 40.4 Å². The molecule has 5 nitrogen and oxygen atoms in total. The van der Waals surface area contributed by atoms with Crippen molar-refractivity contribution in [3.05, 3.63) is 41.1 Å². The highest BCUT2D eigenvalue weighted by Gasteiger charge is 2.53. The van der Waals surface area contributed by atoms with Crippen molar-refractivity contribution in [2.24, 2.45) is 5.41 Å². The van der Waals surface area contributed by atoms with E-state index in [1.54, 1.807) is 23.7 Å². The topological polar surface area (TPSA) is 49.3 Å². The maximum absolute atomic E-state index is 12.6. The zero-order chi connectivity index (χ0) is 15.0. The molecule has 2 aromatic heterocycles. The van der Waals surface area contributed by atoms with Gasteiger partial charge in [-0.25, -0.2) is 4.98 Å². The molecule has 2 aromatic rings. The van der Waals surface area contributed by atoms with Crippen LogP contribution in [-0.2, 0) is 11.3 Å². The van der Waals surface area contributed by atoms with Gasteiger partial charge in [0.25, 0.3) is 0 Å². The van der Waals surface area contributed by atoms with Crippen LogP contribution in [0.5, 0.6) is 0 Å². The summed E-state index contributed by atoms with van der Waals surface area (Å²) in [6.45, 7) is 3.70. The number of likely N-dealkylation sites (tertiary alicyclic amines) is 1. The predicted octanol–water partition coefficient (Wildman–Crippen LogP) is 2.17. The van der Waals surface area contributed by atoms with Gasteiger partial charge in [0.15, 0.2) is 0 Å². The fourth-order valence-electron chi connectivity index (χ4n) is 3.39. The summed E-state index contributed by atoms with van der Waals surface area (Å²) in [5.41, 5.74) is 0.790. The van der Waals surface area contributed by atoms with E-state index in [2.05, 4.69) is 14.9 Å². The van der Waals surface area contributed by atoms with Gasteiger partial charge in [-0.15, -0.1) is 11.3 Å². The van der Waals surface area contributed by atoms with Crippen LogP contribution in [0.15, 0.2) is 36.1 Å². The summed E-state index contributed by atoms with van der Waals surface area (Å²) in [4.78, 5) is 25.3. The highest BCUT2D eigenvalue weighted by molar-refractivity contribution is 7.09. The Morgan fingerprint density at radius 1 is 1.27 bits per heavy atom. The third-order valence-electron chi connectivity index (χ3n) is 4.77. The van der Waals surface area contributed by atoms with Crippen molar-refractivity contribution in [2.45, 2.75) is 19.4 Å². The van der Waals surface area contributed by atoms with Gasteiger partial charge in [0.05, 0.1) is 23.8 Å². The van der Waals surface area contributed by atoms with Crippen molar-refractivity contribution in [3.63, 3.8) is 0 Å². The number of piperidine rings is 1. The molecular weight excluding hydrogens is 296 g/mol. The highest BCUT2D eigenvalue weighted by Crippen LogP contribution is 2.43. The van der Waals surface area contributed by atoms with E-state index in [1.807, 2.05) is 28.6 Å². The fourth-order valence-corrected chi connectivity index (χ4v) is 4.05. The number of pyridine rings is 1. The molecule has 1 spiro atoms. The van der Waals surface area contributed by atoms with Crippen molar-refractivity contribution in [1.82, 2.24) is 14.9 Å². The van der Waals surface area contributed by atoms with E-state index in [9.17, 15) is 4.79 Å². The van der Waals surface area contributed by atoms with Crippen LogP contribution in [0.3, 0.4) is 0 Å². The summed E-state index contributed by atoms with van der Waals surface area (Å²) in [5.74, 6) is 0.273. The van der Waals surface area contributed by atoms with E-state index in [0.717, 1.165) is 49.7 Å². The maximum Gasteiger partial charge on any atom is 0.235 e. The molecule has 0 atom stereocenters. The van der Waals surface area contributed by atoms with Gasteiger partial charge in [0.1, 0.15) is 5.01 Å². The number of thiazole rings is 1. The Morgan fingerprint density at radius 2 is 2.14 bits per heavy atom. The van der Waals surface area contributed by atoms with Crippen LogP contribution in [0.25, 0.3) is 0 Å². The number of amides is 1. The Hall–Kier alpha value is -1.79. The third-order valence-corrected chi connectivity index (χ3v) is 5.54. The van der Waals surface area contributed by atoms with E-state index in [0.29, 0.717) is 0 Å². The van der Waals surface area contributed by atoms with Gasteiger partial charge in [-0.3, -0.25) is 14.7 Å².